The SMILES string of the molecule is CCCCC1(C2CCCC2)Cc2cc(OCCCCCCC=O)c(Cl)c(Cl)c2C1=O.CO. The van der Waals surface area contributed by atoms with Crippen molar-refractivity contribution in [2.45, 2.75) is 90.4 Å². The summed E-state index contributed by atoms with van der Waals surface area (Å²) in [6, 6.07) is 1.97. The first kappa shape index (κ1) is 27.1. The van der Waals surface area contributed by atoms with Crippen molar-refractivity contribution in [1.29, 1.82) is 0 Å². The molecule has 0 saturated heterocycles. The fraction of sp³-hybridized carbons (Fsp3) is 0.692. The topological polar surface area (TPSA) is 63.6 Å². The molecule has 2 aliphatic carbocycles. The molecule has 0 bridgehead atoms. The minimum absolute atomic E-state index is 0.214. The Bertz CT molecular complexity index is 759. The zero-order valence-corrected chi connectivity index (χ0v) is 21.1. The van der Waals surface area contributed by atoms with Crippen LogP contribution in [-0.4, -0.2) is 30.9 Å². The van der Waals surface area contributed by atoms with Gasteiger partial charge in [-0.25, -0.2) is 0 Å². The van der Waals surface area contributed by atoms with E-state index in [4.69, 9.17) is 33.0 Å². The summed E-state index contributed by atoms with van der Waals surface area (Å²) in [6.45, 7) is 2.75. The van der Waals surface area contributed by atoms with E-state index in [-0.39, 0.29) is 11.2 Å². The summed E-state index contributed by atoms with van der Waals surface area (Å²) in [6.07, 6.45) is 14.1. The number of aliphatic hydroxyl groups excluding tert-OH is 1. The van der Waals surface area contributed by atoms with Crippen LogP contribution in [0.15, 0.2) is 6.07 Å². The Balaban J connectivity index is 0.00000176. The van der Waals surface area contributed by atoms with Crippen LogP contribution < -0.4 is 4.74 Å². The Morgan fingerprint density at radius 1 is 1.09 bits per heavy atom. The van der Waals surface area contributed by atoms with E-state index in [9.17, 15) is 9.59 Å². The van der Waals surface area contributed by atoms with Crippen LogP contribution in [0.5, 0.6) is 5.75 Å². The first-order chi connectivity index (χ1) is 15.5. The van der Waals surface area contributed by atoms with Crippen LogP contribution in [0.25, 0.3) is 0 Å². The van der Waals surface area contributed by atoms with E-state index in [1.165, 1.54) is 12.8 Å². The predicted octanol–water partition coefficient (Wildman–Crippen LogP) is 7.24. The Hall–Kier alpha value is -1.10. The molecule has 0 heterocycles. The Morgan fingerprint density at radius 3 is 2.44 bits per heavy atom. The van der Waals surface area contributed by atoms with Crippen LogP contribution >= 0.6 is 23.2 Å². The highest BCUT2D eigenvalue weighted by atomic mass is 35.5. The molecule has 1 saturated carbocycles. The molecule has 1 aromatic carbocycles. The highest BCUT2D eigenvalue weighted by Crippen LogP contribution is 2.54. The second-order valence-corrected chi connectivity index (χ2v) is 9.76. The van der Waals surface area contributed by atoms with Gasteiger partial charge in [-0.3, -0.25) is 4.79 Å². The van der Waals surface area contributed by atoms with Gasteiger partial charge in [0.05, 0.1) is 11.6 Å². The number of aliphatic hydroxyl groups is 1. The number of fused-ring (bicyclic) bond motifs is 1. The van der Waals surface area contributed by atoms with Crippen LogP contribution in [-0.2, 0) is 11.2 Å². The molecule has 1 N–H and O–H groups in total. The van der Waals surface area contributed by atoms with Gasteiger partial charge < -0.3 is 14.6 Å². The van der Waals surface area contributed by atoms with E-state index in [0.717, 1.165) is 83.2 Å². The number of carbonyl (C=O) groups excluding carboxylic acids is 2. The summed E-state index contributed by atoms with van der Waals surface area (Å²) < 4.78 is 5.96. The van der Waals surface area contributed by atoms with E-state index in [0.29, 0.717) is 40.3 Å². The summed E-state index contributed by atoms with van der Waals surface area (Å²) in [5, 5.41) is 7.74. The standard InChI is InChI=1S/C25H34Cl2O3.CH4O/c1-2-3-13-25(19-11-7-8-12-19)17-18-16-20(22(26)23(27)21(18)24(25)29)30-15-10-6-4-5-9-14-28;1-2/h14,16,19H,2-13,15,17H2,1H3;2H,1H3. The number of halogens is 2. The van der Waals surface area contributed by atoms with Gasteiger partial charge in [0, 0.05) is 24.5 Å². The number of aldehydes is 1. The van der Waals surface area contributed by atoms with Gasteiger partial charge in [-0.2, -0.15) is 0 Å². The van der Waals surface area contributed by atoms with Crippen LogP contribution in [0.1, 0.15) is 99.9 Å². The molecule has 180 valence electrons. The molecule has 4 nitrogen and oxygen atoms in total. The number of hydrogen-bond donors (Lipinski definition) is 1. The third-order valence-corrected chi connectivity index (χ3v) is 7.88. The first-order valence-corrected chi connectivity index (χ1v) is 12.9. The van der Waals surface area contributed by atoms with Crippen LogP contribution in [0.3, 0.4) is 0 Å². The molecule has 0 radical (unpaired) electrons. The summed E-state index contributed by atoms with van der Waals surface area (Å²) >= 11 is 13.2. The monoisotopic (exact) mass is 484 g/mol. The number of ether oxygens (including phenoxy) is 1. The van der Waals surface area contributed by atoms with Crippen molar-refractivity contribution in [1.82, 2.24) is 0 Å². The van der Waals surface area contributed by atoms with E-state index < -0.39 is 0 Å². The molecular formula is C26H38Cl2O4. The van der Waals surface area contributed by atoms with E-state index >= 15 is 0 Å². The molecule has 32 heavy (non-hydrogen) atoms. The van der Waals surface area contributed by atoms with Gasteiger partial charge in [0.15, 0.2) is 5.78 Å². The average molecular weight is 485 g/mol. The zero-order valence-electron chi connectivity index (χ0n) is 19.6. The number of carbonyl (C=O) groups is 2. The quantitative estimate of drug-likeness (QED) is 0.250. The smallest absolute Gasteiger partial charge is 0.171 e. The molecule has 2 aliphatic rings. The molecule has 1 atom stereocenters. The highest BCUT2D eigenvalue weighted by molar-refractivity contribution is 6.45. The second-order valence-electron chi connectivity index (χ2n) is 9.00. The van der Waals surface area contributed by atoms with Gasteiger partial charge in [0.25, 0.3) is 0 Å². The Kier molecular flexibility index (Phi) is 11.5. The summed E-state index contributed by atoms with van der Waals surface area (Å²) in [7, 11) is 1.00. The first-order valence-electron chi connectivity index (χ1n) is 12.1. The molecule has 3 rings (SSSR count). The number of unbranched alkanes of at least 4 members (excludes halogenated alkanes) is 5. The number of ketones is 1. The van der Waals surface area contributed by atoms with Gasteiger partial charge >= 0.3 is 0 Å². The number of Topliss-reactive ketones (excluding diaryl/α,β-unsaturated/α-hetero) is 1. The van der Waals surface area contributed by atoms with E-state index in [2.05, 4.69) is 6.92 Å². The lowest BCUT2D eigenvalue weighted by atomic mass is 9.68. The molecule has 1 unspecified atom stereocenters. The second kappa shape index (κ2) is 13.6. The molecule has 0 aromatic heterocycles. The van der Waals surface area contributed by atoms with Crippen LogP contribution in [0.4, 0.5) is 0 Å². The molecule has 0 aliphatic heterocycles. The average Bonchev–Trinajstić information content (AvgIpc) is 3.44. The molecule has 1 aromatic rings. The van der Waals surface area contributed by atoms with Crippen molar-refractivity contribution >= 4 is 35.3 Å². The maximum atomic E-state index is 13.7. The molecule has 0 amide bonds. The van der Waals surface area contributed by atoms with Gasteiger partial charge in [-0.05, 0) is 56.1 Å². The van der Waals surface area contributed by atoms with E-state index in [1.807, 2.05) is 6.07 Å². The Morgan fingerprint density at radius 2 is 1.78 bits per heavy atom. The predicted molar refractivity (Wildman–Crippen MR) is 131 cm³/mol. The summed E-state index contributed by atoms with van der Waals surface area (Å²) in [4.78, 5) is 24.0. The normalized spacial score (nSPS) is 20.1. The maximum absolute atomic E-state index is 13.7. The maximum Gasteiger partial charge on any atom is 0.171 e. The van der Waals surface area contributed by atoms with Gasteiger partial charge in [0.2, 0.25) is 0 Å². The van der Waals surface area contributed by atoms with Gasteiger partial charge in [-0.1, -0.05) is 68.7 Å². The minimum atomic E-state index is -0.307. The van der Waals surface area contributed by atoms with Crippen molar-refractivity contribution in [2.24, 2.45) is 11.3 Å². The number of benzene rings is 1. The number of rotatable bonds is 12. The van der Waals surface area contributed by atoms with Gasteiger partial charge in [-0.15, -0.1) is 0 Å². The lowest BCUT2D eigenvalue weighted by Gasteiger charge is -2.34. The van der Waals surface area contributed by atoms with Crippen LogP contribution in [0, 0.1) is 11.3 Å². The molecule has 0 spiro atoms. The van der Waals surface area contributed by atoms with Crippen molar-refractivity contribution in [3.05, 3.63) is 27.2 Å². The third-order valence-electron chi connectivity index (χ3n) is 7.03. The largest absolute Gasteiger partial charge is 0.492 e. The fourth-order valence-corrected chi connectivity index (χ4v) is 5.89. The number of hydrogen-bond acceptors (Lipinski definition) is 4. The Labute approximate surface area is 203 Å². The molecule has 1 fully saturated rings. The van der Waals surface area contributed by atoms with Gasteiger partial charge in [0.1, 0.15) is 17.1 Å². The van der Waals surface area contributed by atoms with Crippen molar-refractivity contribution in [3.63, 3.8) is 0 Å². The minimum Gasteiger partial charge on any atom is -0.492 e. The molecule has 6 heteroatoms. The lowest BCUT2D eigenvalue weighted by Crippen LogP contribution is -2.35. The van der Waals surface area contributed by atoms with Crippen LogP contribution in [0.2, 0.25) is 10.0 Å². The zero-order chi connectivity index (χ0) is 23.6. The third kappa shape index (κ3) is 6.07. The molecular weight excluding hydrogens is 447 g/mol. The van der Waals surface area contributed by atoms with Crippen molar-refractivity contribution in [3.8, 4) is 5.75 Å². The van der Waals surface area contributed by atoms with E-state index in [1.54, 1.807) is 0 Å². The summed E-state index contributed by atoms with van der Waals surface area (Å²) in [5.41, 5.74) is 1.35. The van der Waals surface area contributed by atoms with Crippen molar-refractivity contribution < 1.29 is 19.4 Å². The fourth-order valence-electron chi connectivity index (χ4n) is 5.38. The summed E-state index contributed by atoms with van der Waals surface area (Å²) in [5.74, 6) is 1.26. The lowest BCUT2D eigenvalue weighted by molar-refractivity contribution is -0.107. The highest BCUT2D eigenvalue weighted by Gasteiger charge is 2.51. The van der Waals surface area contributed by atoms with Crippen molar-refractivity contribution in [2.75, 3.05) is 13.7 Å².